The average molecular weight is 532 g/mol. The van der Waals surface area contributed by atoms with Crippen LogP contribution >= 0.6 is 23.2 Å². The second-order valence-corrected chi connectivity index (χ2v) is 9.85. The van der Waals surface area contributed by atoms with Crippen LogP contribution in [0.1, 0.15) is 34.0 Å². The van der Waals surface area contributed by atoms with Crippen molar-refractivity contribution in [2.45, 2.75) is 31.9 Å². The van der Waals surface area contributed by atoms with Crippen molar-refractivity contribution in [3.05, 3.63) is 92.7 Å². The number of aliphatic carboxylic acids is 1. The molecular formula is C27H24Cl2FNO5. The molecule has 1 amide bonds. The Morgan fingerprint density at radius 1 is 1.11 bits per heavy atom. The number of methoxy groups -OCH3 is 1. The van der Waals surface area contributed by atoms with E-state index in [1.165, 1.54) is 25.3 Å². The topological polar surface area (TPSA) is 76.1 Å². The third kappa shape index (κ3) is 5.74. The zero-order chi connectivity index (χ0) is 26.0. The summed E-state index contributed by atoms with van der Waals surface area (Å²) in [5, 5.41) is 9.95. The van der Waals surface area contributed by atoms with Crippen molar-refractivity contribution in [3.63, 3.8) is 0 Å². The van der Waals surface area contributed by atoms with Gasteiger partial charge in [0.15, 0.2) is 11.5 Å². The molecule has 36 heavy (non-hydrogen) atoms. The summed E-state index contributed by atoms with van der Waals surface area (Å²) in [5.41, 5.74) is 2.03. The molecule has 0 aliphatic carbocycles. The molecule has 9 heteroatoms. The molecule has 1 aliphatic rings. The Labute approximate surface area is 218 Å². The Bertz CT molecular complexity index is 1310. The second-order valence-electron chi connectivity index (χ2n) is 9.00. The molecular weight excluding hydrogens is 508 g/mol. The van der Waals surface area contributed by atoms with Crippen LogP contribution in [0.25, 0.3) is 0 Å². The lowest BCUT2D eigenvalue weighted by Gasteiger charge is -2.24. The largest absolute Gasteiger partial charge is 0.493 e. The Balaban J connectivity index is 1.61. The van der Waals surface area contributed by atoms with E-state index in [2.05, 4.69) is 0 Å². The van der Waals surface area contributed by atoms with E-state index in [0.717, 1.165) is 16.0 Å². The van der Waals surface area contributed by atoms with Gasteiger partial charge in [0.25, 0.3) is 5.91 Å². The number of amides is 1. The fourth-order valence-electron chi connectivity index (χ4n) is 4.40. The van der Waals surface area contributed by atoms with E-state index >= 15 is 0 Å². The number of halogens is 3. The number of hydrogen-bond donors (Lipinski definition) is 1. The maximum absolute atomic E-state index is 13.6. The van der Waals surface area contributed by atoms with Gasteiger partial charge < -0.3 is 19.5 Å². The molecule has 0 saturated heterocycles. The third-order valence-corrected chi connectivity index (χ3v) is 6.52. The molecule has 3 aromatic rings. The molecule has 1 N–H and O–H groups in total. The van der Waals surface area contributed by atoms with Gasteiger partial charge in [0, 0.05) is 35.5 Å². The van der Waals surface area contributed by atoms with Gasteiger partial charge in [0.1, 0.15) is 18.0 Å². The summed E-state index contributed by atoms with van der Waals surface area (Å²) in [6.07, 6.45) is 1.14. The highest BCUT2D eigenvalue weighted by molar-refractivity contribution is 6.31. The fraction of sp³-hybridized carbons (Fsp3) is 0.259. The van der Waals surface area contributed by atoms with E-state index in [1.807, 2.05) is 31.2 Å². The van der Waals surface area contributed by atoms with Gasteiger partial charge in [-0.3, -0.25) is 9.59 Å². The van der Waals surface area contributed by atoms with Crippen molar-refractivity contribution in [1.82, 2.24) is 4.90 Å². The van der Waals surface area contributed by atoms with Gasteiger partial charge in [-0.15, -0.1) is 0 Å². The first kappa shape index (κ1) is 25.8. The summed E-state index contributed by atoms with van der Waals surface area (Å²) >= 11 is 11.9. The lowest BCUT2D eigenvalue weighted by Crippen LogP contribution is -2.35. The van der Waals surface area contributed by atoms with Gasteiger partial charge >= 0.3 is 5.97 Å². The molecule has 3 aromatic carbocycles. The lowest BCUT2D eigenvalue weighted by molar-refractivity contribution is -0.137. The van der Waals surface area contributed by atoms with Crippen LogP contribution in [0.15, 0.2) is 54.6 Å². The van der Waals surface area contributed by atoms with Gasteiger partial charge in [-0.2, -0.15) is 0 Å². The fourth-order valence-corrected chi connectivity index (χ4v) is 4.73. The molecule has 1 aliphatic heterocycles. The maximum atomic E-state index is 13.6. The highest BCUT2D eigenvalue weighted by Crippen LogP contribution is 2.44. The Kier molecular flexibility index (Phi) is 7.43. The predicted molar refractivity (Wildman–Crippen MR) is 135 cm³/mol. The highest BCUT2D eigenvalue weighted by atomic mass is 35.5. The number of carbonyl (C=O) groups is 2. The monoisotopic (exact) mass is 531 g/mol. The molecule has 0 fully saturated rings. The number of hydrogen-bond acceptors (Lipinski definition) is 4. The van der Waals surface area contributed by atoms with E-state index in [4.69, 9.17) is 32.7 Å². The molecule has 6 nitrogen and oxygen atoms in total. The number of carboxylic acid groups (broad SMARTS) is 1. The zero-order valence-corrected chi connectivity index (χ0v) is 21.2. The Morgan fingerprint density at radius 3 is 2.44 bits per heavy atom. The Morgan fingerprint density at radius 2 is 1.81 bits per heavy atom. The van der Waals surface area contributed by atoms with Crippen molar-refractivity contribution in [2.24, 2.45) is 0 Å². The highest BCUT2D eigenvalue weighted by Gasteiger charge is 2.38. The van der Waals surface area contributed by atoms with Gasteiger partial charge in [0.05, 0.1) is 12.1 Å². The summed E-state index contributed by atoms with van der Waals surface area (Å²) in [6, 6.07) is 14.8. The van der Waals surface area contributed by atoms with Gasteiger partial charge in [-0.1, -0.05) is 41.4 Å². The van der Waals surface area contributed by atoms with E-state index in [9.17, 15) is 19.1 Å². The third-order valence-electron chi connectivity index (χ3n) is 5.97. The van der Waals surface area contributed by atoms with Gasteiger partial charge in [-0.25, -0.2) is 4.39 Å². The minimum atomic E-state index is -1.18. The minimum absolute atomic E-state index is 0.0602. The van der Waals surface area contributed by atoms with Crippen LogP contribution in [0.2, 0.25) is 10.0 Å². The number of carbonyl (C=O) groups excluding carboxylic acids is 1. The van der Waals surface area contributed by atoms with Crippen LogP contribution in [0.4, 0.5) is 4.39 Å². The number of rotatable bonds is 8. The van der Waals surface area contributed by atoms with Gasteiger partial charge in [-0.05, 0) is 54.4 Å². The van der Waals surface area contributed by atoms with E-state index in [0.29, 0.717) is 34.9 Å². The summed E-state index contributed by atoms with van der Waals surface area (Å²) in [5.74, 6) is -1.34. The number of ether oxygens (including phenoxy) is 2. The number of nitrogens with zero attached hydrogens (tertiary/aromatic N) is 1. The molecule has 1 atom stereocenters. The summed E-state index contributed by atoms with van der Waals surface area (Å²) in [4.78, 5) is 26.1. The van der Waals surface area contributed by atoms with Crippen molar-refractivity contribution < 1.29 is 28.6 Å². The molecule has 0 unspecified atom stereocenters. The van der Waals surface area contributed by atoms with Crippen LogP contribution < -0.4 is 9.47 Å². The quantitative estimate of drug-likeness (QED) is 0.397. The first-order chi connectivity index (χ1) is 17.1. The van der Waals surface area contributed by atoms with Gasteiger partial charge in [0.2, 0.25) is 0 Å². The second kappa shape index (κ2) is 10.4. The predicted octanol–water partition coefficient (Wildman–Crippen LogP) is 5.80. The molecule has 1 heterocycles. The standard InChI is InChI=1S/C27H24Cl2FNO5/c1-27(12-16-3-6-20(28)7-4-16)13-19-10-18(11-23(35-2)25(19)36-27)26(34)31(15-24(32)33)14-17-5-8-22(30)21(29)9-17/h3-11H,12-15H2,1-2H3,(H,32,33)/t27-/m0/s1. The van der Waals surface area contributed by atoms with Crippen molar-refractivity contribution in [3.8, 4) is 11.5 Å². The van der Waals surface area contributed by atoms with Crippen LogP contribution in [0.3, 0.4) is 0 Å². The molecule has 0 radical (unpaired) electrons. The van der Waals surface area contributed by atoms with Crippen LogP contribution in [0, 0.1) is 5.82 Å². The molecule has 0 bridgehead atoms. The summed E-state index contributed by atoms with van der Waals surface area (Å²) < 4.78 is 25.4. The van der Waals surface area contributed by atoms with Crippen molar-refractivity contribution in [2.75, 3.05) is 13.7 Å². The summed E-state index contributed by atoms with van der Waals surface area (Å²) in [6.45, 7) is 1.38. The van der Waals surface area contributed by atoms with E-state index in [-0.39, 0.29) is 17.1 Å². The van der Waals surface area contributed by atoms with E-state index < -0.39 is 29.8 Å². The maximum Gasteiger partial charge on any atom is 0.323 e. The minimum Gasteiger partial charge on any atom is -0.493 e. The number of benzene rings is 3. The molecule has 0 aromatic heterocycles. The average Bonchev–Trinajstić information content (AvgIpc) is 3.16. The molecule has 188 valence electrons. The number of carboxylic acids is 1. The normalized spacial score (nSPS) is 16.2. The lowest BCUT2D eigenvalue weighted by atomic mass is 9.91. The number of fused-ring (bicyclic) bond motifs is 1. The molecule has 4 rings (SSSR count). The summed E-state index contributed by atoms with van der Waals surface area (Å²) in [7, 11) is 1.48. The SMILES string of the molecule is COc1cc(C(=O)N(CC(=O)O)Cc2ccc(F)c(Cl)c2)cc2c1O[C@@](C)(Cc1ccc(Cl)cc1)C2. The first-order valence-electron chi connectivity index (χ1n) is 11.2. The molecule has 0 spiro atoms. The van der Waals surface area contributed by atoms with Crippen LogP contribution in [0.5, 0.6) is 11.5 Å². The Hall–Kier alpha value is -3.29. The molecule has 0 saturated carbocycles. The smallest absolute Gasteiger partial charge is 0.323 e. The first-order valence-corrected chi connectivity index (χ1v) is 11.9. The van der Waals surface area contributed by atoms with E-state index in [1.54, 1.807) is 12.1 Å². The van der Waals surface area contributed by atoms with Crippen molar-refractivity contribution in [1.29, 1.82) is 0 Å². The van der Waals surface area contributed by atoms with Crippen LogP contribution in [-0.2, 0) is 24.2 Å². The zero-order valence-electron chi connectivity index (χ0n) is 19.7. The van der Waals surface area contributed by atoms with Crippen molar-refractivity contribution >= 4 is 35.1 Å². The van der Waals surface area contributed by atoms with Crippen LogP contribution in [-0.4, -0.2) is 41.1 Å².